The van der Waals surface area contributed by atoms with Gasteiger partial charge < -0.3 is 10.5 Å². The molecule has 0 fully saturated rings. The number of esters is 1. The zero-order chi connectivity index (χ0) is 13.5. The Morgan fingerprint density at radius 1 is 1.44 bits per heavy atom. The van der Waals surface area contributed by atoms with Gasteiger partial charge in [0.05, 0.1) is 12.9 Å². The Morgan fingerprint density at radius 3 is 2.56 bits per heavy atom. The number of carbonyl (C=O) groups is 1. The smallest absolute Gasteiger partial charge is 0.315 e. The molecule has 0 aliphatic rings. The topological polar surface area (TPSA) is 52.3 Å². The Balaban J connectivity index is 2.77. The van der Waals surface area contributed by atoms with E-state index in [2.05, 4.69) is 27.6 Å². The minimum Gasteiger partial charge on any atom is -0.468 e. The van der Waals surface area contributed by atoms with Crippen LogP contribution >= 0.6 is 27.7 Å². The van der Waals surface area contributed by atoms with E-state index in [1.54, 1.807) is 0 Å². The Kier molecular flexibility index (Phi) is 6.75. The van der Waals surface area contributed by atoms with Crippen molar-refractivity contribution in [2.24, 2.45) is 5.73 Å². The summed E-state index contributed by atoms with van der Waals surface area (Å²) in [5, 5.41) is 0.113. The fourth-order valence-corrected chi connectivity index (χ4v) is 3.04. The van der Waals surface area contributed by atoms with Gasteiger partial charge in [0.15, 0.2) is 0 Å². The van der Waals surface area contributed by atoms with Crippen LogP contribution in [-0.4, -0.2) is 24.9 Å². The molecule has 1 rings (SSSR count). The number of carbonyl (C=O) groups excluding carboxylic acids is 1. The van der Waals surface area contributed by atoms with Crippen LogP contribution in [-0.2, 0) is 9.53 Å². The van der Waals surface area contributed by atoms with Gasteiger partial charge in [-0.2, -0.15) is 0 Å². The van der Waals surface area contributed by atoms with Crippen molar-refractivity contribution in [3.05, 3.63) is 34.3 Å². The molecule has 2 atom stereocenters. The zero-order valence-electron chi connectivity index (χ0n) is 10.6. The predicted molar refractivity (Wildman–Crippen MR) is 79.6 cm³/mol. The molecule has 100 valence electrons. The molecule has 1 aromatic carbocycles. The fraction of sp³-hybridized carbons (Fsp3) is 0.462. The summed E-state index contributed by atoms with van der Waals surface area (Å²) in [6.45, 7) is 2.05. The molecule has 0 bridgehead atoms. The number of ether oxygens (including phenoxy) is 1. The van der Waals surface area contributed by atoms with Gasteiger partial charge in [0.2, 0.25) is 0 Å². The summed E-state index contributed by atoms with van der Waals surface area (Å²) in [6, 6.07) is 8.08. The maximum atomic E-state index is 11.2. The maximum Gasteiger partial charge on any atom is 0.315 e. The fourth-order valence-electron chi connectivity index (χ4n) is 1.55. The summed E-state index contributed by atoms with van der Waals surface area (Å²) in [7, 11) is 1.40. The van der Waals surface area contributed by atoms with E-state index in [0.717, 1.165) is 16.5 Å². The van der Waals surface area contributed by atoms with Crippen LogP contribution in [0.5, 0.6) is 0 Å². The first-order valence-corrected chi connectivity index (χ1v) is 7.62. The van der Waals surface area contributed by atoms with E-state index in [9.17, 15) is 4.79 Å². The molecular weight excluding hydrogens is 314 g/mol. The zero-order valence-corrected chi connectivity index (χ0v) is 13.0. The highest BCUT2D eigenvalue weighted by atomic mass is 79.9. The molecule has 0 amide bonds. The van der Waals surface area contributed by atoms with Gasteiger partial charge in [0.1, 0.15) is 0 Å². The van der Waals surface area contributed by atoms with Crippen LogP contribution in [0.4, 0.5) is 0 Å². The molecule has 1 aromatic rings. The highest BCUT2D eigenvalue weighted by Gasteiger charge is 2.20. The Morgan fingerprint density at radius 2 is 2.06 bits per heavy atom. The molecule has 0 aliphatic carbocycles. The van der Waals surface area contributed by atoms with E-state index < -0.39 is 0 Å². The van der Waals surface area contributed by atoms with Crippen molar-refractivity contribution in [1.82, 2.24) is 0 Å². The number of hydrogen-bond acceptors (Lipinski definition) is 4. The van der Waals surface area contributed by atoms with Crippen LogP contribution in [0.2, 0.25) is 0 Å². The average Bonchev–Trinajstić information content (AvgIpc) is 2.40. The average molecular weight is 332 g/mol. The summed E-state index contributed by atoms with van der Waals surface area (Å²) in [4.78, 5) is 11.2. The van der Waals surface area contributed by atoms with E-state index in [4.69, 9.17) is 5.73 Å². The lowest BCUT2D eigenvalue weighted by molar-refractivity contribution is -0.137. The number of methoxy groups -OCH3 is 1. The van der Waals surface area contributed by atoms with Gasteiger partial charge in [0.25, 0.3) is 0 Å². The van der Waals surface area contributed by atoms with Crippen molar-refractivity contribution in [3.63, 3.8) is 0 Å². The maximum absolute atomic E-state index is 11.2. The highest BCUT2D eigenvalue weighted by molar-refractivity contribution is 9.10. The van der Waals surface area contributed by atoms with Crippen LogP contribution in [0.15, 0.2) is 28.7 Å². The standard InChI is InChI=1S/C13H18BrNO2S/c1-3-11(15)13(18-8-12(16)17-2)9-4-6-10(14)7-5-9/h4-7,11,13H,3,8,15H2,1-2H3. The molecule has 0 saturated heterocycles. The molecule has 5 heteroatoms. The second-order valence-electron chi connectivity index (χ2n) is 3.93. The number of benzene rings is 1. The summed E-state index contributed by atoms with van der Waals surface area (Å²) < 4.78 is 5.70. The number of halogens is 1. The van der Waals surface area contributed by atoms with Gasteiger partial charge in [-0.3, -0.25) is 4.79 Å². The first-order chi connectivity index (χ1) is 8.58. The molecule has 3 nitrogen and oxygen atoms in total. The van der Waals surface area contributed by atoms with E-state index in [0.29, 0.717) is 5.75 Å². The highest BCUT2D eigenvalue weighted by Crippen LogP contribution is 2.33. The Hall–Kier alpha value is -0.520. The molecule has 0 aliphatic heterocycles. The van der Waals surface area contributed by atoms with Crippen LogP contribution in [0.3, 0.4) is 0 Å². The first kappa shape index (κ1) is 15.5. The van der Waals surface area contributed by atoms with Gasteiger partial charge in [-0.1, -0.05) is 35.0 Å². The van der Waals surface area contributed by atoms with Gasteiger partial charge in [-0.05, 0) is 24.1 Å². The van der Waals surface area contributed by atoms with Gasteiger partial charge in [-0.25, -0.2) is 0 Å². The summed E-state index contributed by atoms with van der Waals surface area (Å²) in [5.74, 6) is 0.107. The quantitative estimate of drug-likeness (QED) is 0.813. The van der Waals surface area contributed by atoms with Crippen LogP contribution in [0.1, 0.15) is 24.2 Å². The second-order valence-corrected chi connectivity index (χ2v) is 5.98. The Labute approximate surface area is 121 Å². The van der Waals surface area contributed by atoms with Crippen LogP contribution in [0.25, 0.3) is 0 Å². The summed E-state index contributed by atoms with van der Waals surface area (Å²) in [5.41, 5.74) is 7.27. The Bertz CT molecular complexity index is 383. The van der Waals surface area contributed by atoms with E-state index in [1.165, 1.54) is 18.9 Å². The lowest BCUT2D eigenvalue weighted by Crippen LogP contribution is -2.26. The lowest BCUT2D eigenvalue weighted by atomic mass is 10.0. The third-order valence-corrected chi connectivity index (χ3v) is 4.58. The molecule has 0 saturated carbocycles. The van der Waals surface area contributed by atoms with Gasteiger partial charge in [-0.15, -0.1) is 11.8 Å². The van der Waals surface area contributed by atoms with Crippen molar-refractivity contribution < 1.29 is 9.53 Å². The summed E-state index contributed by atoms with van der Waals surface area (Å²) >= 11 is 4.94. The largest absolute Gasteiger partial charge is 0.468 e. The van der Waals surface area contributed by atoms with Crippen LogP contribution in [0, 0.1) is 0 Å². The van der Waals surface area contributed by atoms with Crippen molar-refractivity contribution in [3.8, 4) is 0 Å². The number of nitrogens with two attached hydrogens (primary N) is 1. The molecule has 0 aromatic heterocycles. The first-order valence-electron chi connectivity index (χ1n) is 5.78. The van der Waals surface area contributed by atoms with Crippen molar-refractivity contribution in [2.45, 2.75) is 24.6 Å². The van der Waals surface area contributed by atoms with E-state index >= 15 is 0 Å². The normalized spacial score (nSPS) is 14.0. The van der Waals surface area contributed by atoms with Crippen molar-refractivity contribution in [2.75, 3.05) is 12.9 Å². The second kappa shape index (κ2) is 7.81. The molecule has 2 unspecified atom stereocenters. The molecule has 0 spiro atoms. The van der Waals surface area contributed by atoms with Gasteiger partial charge in [0, 0.05) is 15.8 Å². The van der Waals surface area contributed by atoms with Crippen molar-refractivity contribution >= 4 is 33.7 Å². The lowest BCUT2D eigenvalue weighted by Gasteiger charge is -2.22. The van der Waals surface area contributed by atoms with Gasteiger partial charge >= 0.3 is 5.97 Å². The molecular formula is C13H18BrNO2S. The number of hydrogen-bond donors (Lipinski definition) is 1. The summed E-state index contributed by atoms with van der Waals surface area (Å²) in [6.07, 6.45) is 0.870. The monoisotopic (exact) mass is 331 g/mol. The van der Waals surface area contributed by atoms with Crippen LogP contribution < -0.4 is 5.73 Å². The molecule has 18 heavy (non-hydrogen) atoms. The molecule has 0 heterocycles. The molecule has 0 radical (unpaired) electrons. The van der Waals surface area contributed by atoms with E-state index in [1.807, 2.05) is 24.3 Å². The van der Waals surface area contributed by atoms with E-state index in [-0.39, 0.29) is 17.3 Å². The SMILES string of the molecule is CCC(N)C(SCC(=O)OC)c1ccc(Br)cc1. The minimum absolute atomic E-state index is 0.0285. The predicted octanol–water partition coefficient (Wildman–Crippen LogP) is 3.13. The number of thioether (sulfide) groups is 1. The molecule has 2 N–H and O–H groups in total. The number of rotatable bonds is 6. The van der Waals surface area contributed by atoms with Crippen molar-refractivity contribution in [1.29, 1.82) is 0 Å². The third kappa shape index (κ3) is 4.63. The minimum atomic E-state index is -0.217. The third-order valence-electron chi connectivity index (χ3n) is 2.67.